The molecule has 0 fully saturated rings. The van der Waals surface area contributed by atoms with Crippen molar-refractivity contribution in [3.05, 3.63) is 182 Å². The summed E-state index contributed by atoms with van der Waals surface area (Å²) in [5.41, 5.74) is 0. The van der Waals surface area contributed by atoms with Crippen molar-refractivity contribution < 1.29 is 19.2 Å². The molecule has 0 amide bonds. The van der Waals surface area contributed by atoms with Crippen molar-refractivity contribution in [3.8, 4) is 0 Å². The van der Waals surface area contributed by atoms with Gasteiger partial charge in [-0.15, -0.1) is 0 Å². The lowest BCUT2D eigenvalue weighted by molar-refractivity contribution is -0.432. The monoisotopic (exact) mass is 740 g/mol. The third-order valence-corrected chi connectivity index (χ3v) is 17.9. The van der Waals surface area contributed by atoms with Gasteiger partial charge in [0, 0.05) is 0 Å². The minimum atomic E-state index is -5.39. The summed E-state index contributed by atoms with van der Waals surface area (Å²) in [5.74, 6) is 0. The Morgan fingerprint density at radius 2 is 0.400 bits per heavy atom. The lowest BCUT2D eigenvalue weighted by Crippen LogP contribution is -2.24. The Hall–Kier alpha value is -3.28. The van der Waals surface area contributed by atoms with Crippen LogP contribution in [0.1, 0.15) is 0 Å². The summed E-state index contributed by atoms with van der Waals surface area (Å²) in [6, 6.07) is 64.8. The first-order chi connectivity index (χ1) is 23.6. The molecule has 0 saturated carbocycles. The Balaban J connectivity index is 0.000000190. The molecule has 0 bridgehead atoms. The van der Waals surface area contributed by atoms with Gasteiger partial charge in [-0.05, 0) is 72.8 Å². The SMILES string of the molecule is C[P+](C)(c1ccccc1)c1ccccc1.C[P+](C)(c1ccccc1)c1ccccc1.C[P+](C)(c1ccccc1)c1ccccc1.O=P([O-])([O-])[O-]. The Bertz CT molecular complexity index is 1510. The molecule has 6 rings (SSSR count). The van der Waals surface area contributed by atoms with Crippen LogP contribution < -0.4 is 46.5 Å². The highest BCUT2D eigenvalue weighted by Gasteiger charge is 2.32. The molecule has 4 nitrogen and oxygen atoms in total. The van der Waals surface area contributed by atoms with Crippen LogP contribution in [0.4, 0.5) is 0 Å². The summed E-state index contributed by atoms with van der Waals surface area (Å²) < 4.78 is 8.55. The molecule has 0 aromatic heterocycles. The largest absolute Gasteiger partial charge is 0.822 e. The van der Waals surface area contributed by atoms with E-state index in [1.165, 1.54) is 31.8 Å². The topological polar surface area (TPSA) is 86.2 Å². The van der Waals surface area contributed by atoms with Crippen LogP contribution in [-0.2, 0) is 4.57 Å². The average Bonchev–Trinajstić information content (AvgIpc) is 3.14. The number of hydrogen-bond acceptors (Lipinski definition) is 4. The van der Waals surface area contributed by atoms with Crippen LogP contribution in [0.2, 0.25) is 0 Å². The van der Waals surface area contributed by atoms with Gasteiger partial charge in [0.25, 0.3) is 0 Å². The zero-order valence-corrected chi connectivity index (χ0v) is 33.3. The number of rotatable bonds is 6. The lowest BCUT2D eigenvalue weighted by atomic mass is 10.4. The molecule has 0 atom stereocenters. The van der Waals surface area contributed by atoms with Crippen molar-refractivity contribution in [1.29, 1.82) is 0 Å². The highest BCUT2D eigenvalue weighted by Crippen LogP contribution is 2.49. The molecule has 0 aliphatic carbocycles. The minimum Gasteiger partial charge on any atom is -0.822 e. The normalized spacial score (nSPS) is 11.4. The molecule has 0 heterocycles. The molecule has 0 unspecified atom stereocenters. The summed E-state index contributed by atoms with van der Waals surface area (Å²) in [6.45, 7) is 14.2. The fourth-order valence-electron chi connectivity index (χ4n) is 5.25. The molecule has 0 saturated heterocycles. The van der Waals surface area contributed by atoms with Crippen molar-refractivity contribution in [2.75, 3.05) is 40.0 Å². The lowest BCUT2D eigenvalue weighted by Gasteiger charge is -2.36. The molecule has 0 spiro atoms. The van der Waals surface area contributed by atoms with E-state index < -0.39 is 29.6 Å². The predicted octanol–water partition coefficient (Wildman–Crippen LogP) is 5.92. The Morgan fingerprint density at radius 3 is 0.500 bits per heavy atom. The average molecular weight is 741 g/mol. The van der Waals surface area contributed by atoms with Gasteiger partial charge in [0.2, 0.25) is 0 Å². The van der Waals surface area contributed by atoms with E-state index in [0.717, 1.165) is 0 Å². The van der Waals surface area contributed by atoms with Gasteiger partial charge in [0.1, 0.15) is 0 Å². The summed E-state index contributed by atoms with van der Waals surface area (Å²) in [4.78, 5) is 25.6. The minimum absolute atomic E-state index is 1.15. The second kappa shape index (κ2) is 19.4. The zero-order valence-electron chi connectivity index (χ0n) is 29.7. The highest BCUT2D eigenvalue weighted by molar-refractivity contribution is 7.89. The van der Waals surface area contributed by atoms with Gasteiger partial charge in [0.15, 0.2) is 0 Å². The van der Waals surface area contributed by atoms with E-state index in [1.54, 1.807) is 0 Å². The highest BCUT2D eigenvalue weighted by atomic mass is 31.2. The molecule has 6 aromatic rings. The Morgan fingerprint density at radius 1 is 0.300 bits per heavy atom. The Labute approximate surface area is 301 Å². The van der Waals surface area contributed by atoms with Gasteiger partial charge in [0.05, 0.1) is 93.6 Å². The molecule has 0 N–H and O–H groups in total. The summed E-state index contributed by atoms with van der Waals surface area (Å²) >= 11 is 0. The van der Waals surface area contributed by atoms with Gasteiger partial charge in [-0.1, -0.05) is 109 Å². The quantitative estimate of drug-likeness (QED) is 0.199. The summed E-state index contributed by atoms with van der Waals surface area (Å²) in [6.07, 6.45) is 0. The maximum Gasteiger partial charge on any atom is 0.0985 e. The number of hydrogen-bond donors (Lipinski definition) is 0. The van der Waals surface area contributed by atoms with E-state index in [4.69, 9.17) is 19.2 Å². The number of benzene rings is 6. The van der Waals surface area contributed by atoms with Crippen molar-refractivity contribution in [3.63, 3.8) is 0 Å². The number of phosphoric acid groups is 1. The molecule has 0 aliphatic heterocycles. The van der Waals surface area contributed by atoms with Crippen LogP contribution in [0.3, 0.4) is 0 Å². The first kappa shape index (κ1) is 41.1. The summed E-state index contributed by atoms with van der Waals surface area (Å²) in [5, 5.41) is 8.81. The van der Waals surface area contributed by atoms with Gasteiger partial charge in [-0.2, -0.15) is 7.82 Å². The van der Waals surface area contributed by atoms with Crippen molar-refractivity contribution >= 4 is 61.4 Å². The fraction of sp³-hybridized carbons (Fsp3) is 0.143. The molecular weight excluding hydrogens is 692 g/mol. The van der Waals surface area contributed by atoms with E-state index in [0.29, 0.717) is 0 Å². The second-order valence-corrected chi connectivity index (χ2v) is 25.5. The molecule has 50 heavy (non-hydrogen) atoms. The van der Waals surface area contributed by atoms with Crippen LogP contribution in [0.5, 0.6) is 0 Å². The van der Waals surface area contributed by atoms with Crippen molar-refractivity contribution in [2.24, 2.45) is 0 Å². The smallest absolute Gasteiger partial charge is 0.0985 e. The van der Waals surface area contributed by atoms with E-state index in [-0.39, 0.29) is 0 Å². The van der Waals surface area contributed by atoms with Crippen LogP contribution in [-0.4, -0.2) is 40.0 Å². The van der Waals surface area contributed by atoms with Gasteiger partial charge in [-0.25, -0.2) is 0 Å². The van der Waals surface area contributed by atoms with Crippen LogP contribution in [0.25, 0.3) is 0 Å². The van der Waals surface area contributed by atoms with Crippen LogP contribution in [0, 0.1) is 0 Å². The van der Waals surface area contributed by atoms with E-state index >= 15 is 0 Å². The zero-order chi connectivity index (χ0) is 36.7. The third kappa shape index (κ3) is 13.1. The van der Waals surface area contributed by atoms with Gasteiger partial charge in [-0.3, -0.25) is 0 Å². The first-order valence-electron chi connectivity index (χ1n) is 16.2. The molecule has 8 heteroatoms. The van der Waals surface area contributed by atoms with Crippen molar-refractivity contribution in [2.45, 2.75) is 0 Å². The molecule has 260 valence electrons. The maximum atomic E-state index is 8.55. The molecule has 6 aromatic carbocycles. The maximum absolute atomic E-state index is 8.55. The molecule has 0 aliphatic rings. The second-order valence-electron chi connectivity index (χ2n) is 12.8. The van der Waals surface area contributed by atoms with E-state index in [1.807, 2.05) is 0 Å². The standard InChI is InChI=1S/3C14H16P.H3O4P/c3*1-15(2,13-9-5-3-6-10-13)14-11-7-4-8-12-14;1-5(2,3)4/h3*3-12H,1-2H3;(H3,1,2,3,4)/q3*+1;/p-3. The van der Waals surface area contributed by atoms with Gasteiger partial charge >= 0.3 is 0 Å². The molecular formula is C42H48O4P4. The predicted molar refractivity (Wildman–Crippen MR) is 220 cm³/mol. The van der Waals surface area contributed by atoms with Crippen LogP contribution in [0.15, 0.2) is 182 Å². The Kier molecular flexibility index (Phi) is 15.9. The van der Waals surface area contributed by atoms with Crippen LogP contribution >= 0.6 is 29.6 Å². The third-order valence-electron chi connectivity index (χ3n) is 8.41. The van der Waals surface area contributed by atoms with E-state index in [2.05, 4.69) is 222 Å². The van der Waals surface area contributed by atoms with E-state index in [9.17, 15) is 0 Å². The fourth-order valence-corrected chi connectivity index (χ4v) is 11.7. The van der Waals surface area contributed by atoms with Gasteiger partial charge < -0.3 is 19.2 Å². The molecule has 0 radical (unpaired) electrons. The summed E-state index contributed by atoms with van der Waals surface area (Å²) in [7, 11) is -8.83. The first-order valence-corrected chi connectivity index (χ1v) is 25.7. The van der Waals surface area contributed by atoms with Crippen molar-refractivity contribution in [1.82, 2.24) is 0 Å².